The number of carbonyl (C=O) groups excluding carboxylic acids is 1. The highest BCUT2D eigenvalue weighted by atomic mass is 35.5. The van der Waals surface area contributed by atoms with Crippen LogP contribution in [-0.4, -0.2) is 57.5 Å². The smallest absolute Gasteiger partial charge is 0.243 e. The molecule has 3 rings (SSSR count). The Morgan fingerprint density at radius 2 is 1.96 bits per heavy atom. The summed E-state index contributed by atoms with van der Waals surface area (Å²) < 4.78 is 32.5. The van der Waals surface area contributed by atoms with E-state index in [4.69, 9.17) is 10.5 Å². The van der Waals surface area contributed by atoms with Crippen molar-refractivity contribution in [2.45, 2.75) is 37.1 Å². The average molecular weight is 433 g/mol. The van der Waals surface area contributed by atoms with Crippen molar-refractivity contribution in [3.8, 4) is 0 Å². The Balaban J connectivity index is 0.00000280. The van der Waals surface area contributed by atoms with E-state index in [1.54, 1.807) is 12.1 Å². The summed E-state index contributed by atoms with van der Waals surface area (Å²) in [5.74, 6) is -0.239. The number of morpholine rings is 1. The molecule has 2 fully saturated rings. The molecule has 1 aromatic rings. The maximum atomic E-state index is 12.9. The van der Waals surface area contributed by atoms with Crippen LogP contribution in [0.1, 0.15) is 26.2 Å². The summed E-state index contributed by atoms with van der Waals surface area (Å²) in [6.07, 6.45) is 2.26. The van der Waals surface area contributed by atoms with Crippen LogP contribution in [0.15, 0.2) is 23.1 Å². The molecule has 1 amide bonds. The molecular weight excluding hydrogens is 404 g/mol. The molecule has 0 aromatic heterocycles. The second-order valence-corrected chi connectivity index (χ2v) is 8.95. The van der Waals surface area contributed by atoms with Gasteiger partial charge in [-0.3, -0.25) is 4.79 Å². The maximum Gasteiger partial charge on any atom is 0.243 e. The van der Waals surface area contributed by atoms with Crippen LogP contribution < -0.4 is 16.4 Å². The molecule has 1 saturated heterocycles. The van der Waals surface area contributed by atoms with Gasteiger partial charge in [0.25, 0.3) is 0 Å². The Kier molecular flexibility index (Phi) is 8.08. The zero-order valence-corrected chi connectivity index (χ0v) is 17.7. The van der Waals surface area contributed by atoms with Crippen LogP contribution in [0, 0.1) is 5.92 Å². The van der Waals surface area contributed by atoms with Crippen molar-refractivity contribution in [3.63, 3.8) is 0 Å². The number of sulfonamides is 1. The van der Waals surface area contributed by atoms with Crippen LogP contribution in [0.25, 0.3) is 0 Å². The Hall–Kier alpha value is -1.39. The number of hydrogen-bond donors (Lipinski definition) is 3. The zero-order chi connectivity index (χ0) is 19.4. The number of carbonyl (C=O) groups is 1. The molecule has 158 valence electrons. The number of halogens is 1. The van der Waals surface area contributed by atoms with Gasteiger partial charge in [0.05, 0.1) is 29.5 Å². The van der Waals surface area contributed by atoms with Crippen LogP contribution in [0.3, 0.4) is 0 Å². The van der Waals surface area contributed by atoms with E-state index >= 15 is 0 Å². The molecule has 0 spiro atoms. The third-order valence-corrected chi connectivity index (χ3v) is 6.96. The molecule has 28 heavy (non-hydrogen) atoms. The predicted octanol–water partition coefficient (Wildman–Crippen LogP) is 1.63. The number of rotatable bonds is 6. The number of amides is 1. The van der Waals surface area contributed by atoms with Gasteiger partial charge in [-0.15, -0.1) is 12.4 Å². The van der Waals surface area contributed by atoms with E-state index in [9.17, 15) is 13.2 Å². The van der Waals surface area contributed by atoms with Crippen molar-refractivity contribution in [2.75, 3.05) is 43.5 Å². The van der Waals surface area contributed by atoms with Gasteiger partial charge >= 0.3 is 0 Å². The minimum absolute atomic E-state index is 0. The quantitative estimate of drug-likeness (QED) is 0.629. The predicted molar refractivity (Wildman–Crippen MR) is 111 cm³/mol. The molecule has 0 bridgehead atoms. The summed E-state index contributed by atoms with van der Waals surface area (Å²) in [6, 6.07) is 4.87. The number of nitrogens with one attached hydrogen (secondary N) is 2. The van der Waals surface area contributed by atoms with Crippen LogP contribution in [0.4, 0.5) is 11.4 Å². The first kappa shape index (κ1) is 22.9. The van der Waals surface area contributed by atoms with Gasteiger partial charge in [-0.2, -0.15) is 4.31 Å². The average Bonchev–Trinajstić information content (AvgIpc) is 3.10. The number of hydrogen-bond acceptors (Lipinski definition) is 6. The third-order valence-electron chi connectivity index (χ3n) is 5.07. The van der Waals surface area contributed by atoms with Crippen LogP contribution in [0.2, 0.25) is 0 Å². The fourth-order valence-electron chi connectivity index (χ4n) is 3.56. The van der Waals surface area contributed by atoms with E-state index in [0.717, 1.165) is 12.8 Å². The first-order valence-corrected chi connectivity index (χ1v) is 10.9. The van der Waals surface area contributed by atoms with Crippen LogP contribution in [0.5, 0.6) is 0 Å². The van der Waals surface area contributed by atoms with Gasteiger partial charge in [-0.25, -0.2) is 8.42 Å². The number of benzene rings is 1. The Labute approximate surface area is 172 Å². The van der Waals surface area contributed by atoms with E-state index in [1.807, 2.05) is 6.92 Å². The summed E-state index contributed by atoms with van der Waals surface area (Å²) in [6.45, 7) is 4.05. The fraction of sp³-hybridized carbons (Fsp3) is 0.611. The number of anilines is 2. The molecule has 1 aliphatic heterocycles. The lowest BCUT2D eigenvalue weighted by Gasteiger charge is -2.26. The summed E-state index contributed by atoms with van der Waals surface area (Å²) in [5.41, 5.74) is 7.10. The van der Waals surface area contributed by atoms with Crippen molar-refractivity contribution in [1.29, 1.82) is 0 Å². The molecule has 2 unspecified atom stereocenters. The number of nitrogens with two attached hydrogens (primary N) is 1. The summed E-state index contributed by atoms with van der Waals surface area (Å²) in [5, 5.41) is 6.08. The second kappa shape index (κ2) is 9.89. The Morgan fingerprint density at radius 3 is 2.57 bits per heavy atom. The molecule has 1 aromatic carbocycles. The molecule has 2 aliphatic rings. The monoisotopic (exact) mass is 432 g/mol. The molecule has 2 atom stereocenters. The summed E-state index contributed by atoms with van der Waals surface area (Å²) >= 11 is 0. The molecular formula is C18H29ClN4O4S. The first-order chi connectivity index (χ1) is 12.9. The largest absolute Gasteiger partial charge is 0.384 e. The zero-order valence-electron chi connectivity index (χ0n) is 16.0. The van der Waals surface area contributed by atoms with Gasteiger partial charge in [0.1, 0.15) is 0 Å². The summed E-state index contributed by atoms with van der Waals surface area (Å²) in [4.78, 5) is 12.8. The van der Waals surface area contributed by atoms with Crippen molar-refractivity contribution >= 4 is 39.7 Å². The fourth-order valence-corrected chi connectivity index (χ4v) is 4.99. The summed E-state index contributed by atoms with van der Waals surface area (Å²) in [7, 11) is -3.63. The third kappa shape index (κ3) is 5.15. The van der Waals surface area contributed by atoms with Crippen molar-refractivity contribution in [3.05, 3.63) is 18.2 Å². The maximum absolute atomic E-state index is 12.9. The van der Waals surface area contributed by atoms with Gasteiger partial charge in [-0.1, -0.05) is 0 Å². The van der Waals surface area contributed by atoms with Crippen LogP contribution >= 0.6 is 12.4 Å². The van der Waals surface area contributed by atoms with Gasteiger partial charge in [0.2, 0.25) is 15.9 Å². The van der Waals surface area contributed by atoms with Crippen LogP contribution in [-0.2, 0) is 19.6 Å². The standard InChI is InChI=1S/C18H28N4O4S.ClH/c1-2-20-16-6-5-15(27(24,25)22-7-9-26-10-8-22)12-17(16)21-18(23)13-3-4-14(19)11-13;/h5-6,12-14,20H,2-4,7-11,19H2,1H3,(H,21,23);1H. The highest BCUT2D eigenvalue weighted by Crippen LogP contribution is 2.30. The normalized spacial score (nSPS) is 23.1. The van der Waals surface area contributed by atoms with Gasteiger partial charge in [0, 0.05) is 31.6 Å². The molecule has 10 heteroatoms. The van der Waals surface area contributed by atoms with Crippen molar-refractivity contribution in [1.82, 2.24) is 4.31 Å². The van der Waals surface area contributed by atoms with Crippen molar-refractivity contribution < 1.29 is 17.9 Å². The molecule has 4 N–H and O–H groups in total. The SMILES string of the molecule is CCNc1ccc(S(=O)(=O)N2CCOCC2)cc1NC(=O)C1CCC(N)C1.Cl. The Morgan fingerprint density at radius 1 is 1.25 bits per heavy atom. The molecule has 1 saturated carbocycles. The van der Waals surface area contributed by atoms with E-state index in [2.05, 4.69) is 10.6 Å². The molecule has 0 radical (unpaired) electrons. The lowest BCUT2D eigenvalue weighted by Crippen LogP contribution is -2.40. The second-order valence-electron chi connectivity index (χ2n) is 7.01. The minimum Gasteiger partial charge on any atom is -0.384 e. The van der Waals surface area contributed by atoms with E-state index in [-0.39, 0.29) is 35.2 Å². The molecule has 8 nitrogen and oxygen atoms in total. The lowest BCUT2D eigenvalue weighted by molar-refractivity contribution is -0.119. The van der Waals surface area contributed by atoms with Gasteiger partial charge < -0.3 is 21.1 Å². The minimum atomic E-state index is -3.63. The van der Waals surface area contributed by atoms with Crippen molar-refractivity contribution in [2.24, 2.45) is 11.7 Å². The van der Waals surface area contributed by atoms with E-state index in [1.165, 1.54) is 10.4 Å². The molecule has 1 heterocycles. The number of ether oxygens (including phenoxy) is 1. The number of nitrogens with zero attached hydrogens (tertiary/aromatic N) is 1. The van der Waals surface area contributed by atoms with Gasteiger partial charge in [0.15, 0.2) is 0 Å². The molecule has 1 aliphatic carbocycles. The lowest BCUT2D eigenvalue weighted by atomic mass is 10.1. The highest BCUT2D eigenvalue weighted by molar-refractivity contribution is 7.89. The first-order valence-electron chi connectivity index (χ1n) is 9.44. The van der Waals surface area contributed by atoms with Gasteiger partial charge in [-0.05, 0) is 44.4 Å². The Bertz CT molecular complexity index is 784. The van der Waals surface area contributed by atoms with E-state index < -0.39 is 10.0 Å². The highest BCUT2D eigenvalue weighted by Gasteiger charge is 2.30. The van der Waals surface area contributed by atoms with E-state index in [0.29, 0.717) is 50.6 Å². The topological polar surface area (TPSA) is 114 Å².